The number of hydrogen-bond acceptors (Lipinski definition) is 0. The van der Waals surface area contributed by atoms with E-state index in [1.54, 1.807) is 0 Å². The summed E-state index contributed by atoms with van der Waals surface area (Å²) >= 11 is 13.5. The van der Waals surface area contributed by atoms with Gasteiger partial charge in [-0.05, 0) is 40.8 Å². The van der Waals surface area contributed by atoms with E-state index in [4.69, 9.17) is 11.6 Å². The first-order valence-corrected chi connectivity index (χ1v) is 8.26. The minimum absolute atomic E-state index is 0.110. The van der Waals surface area contributed by atoms with Gasteiger partial charge in [-0.25, -0.2) is 0 Å². The van der Waals surface area contributed by atoms with E-state index >= 15 is 0 Å². The van der Waals surface area contributed by atoms with Crippen LogP contribution in [-0.2, 0) is 0 Å². The fourth-order valence-corrected chi connectivity index (χ4v) is 3.36. The maximum absolute atomic E-state index is 6.27. The maximum atomic E-state index is 6.27. The molecule has 19 heavy (non-hydrogen) atoms. The van der Waals surface area contributed by atoms with E-state index in [1.165, 1.54) is 11.1 Å². The third-order valence-corrected chi connectivity index (χ3v) is 4.99. The average molecular weight is 403 g/mol. The van der Waals surface area contributed by atoms with E-state index in [0.717, 1.165) is 15.1 Å². The third kappa shape index (κ3) is 3.62. The van der Waals surface area contributed by atoms with Crippen LogP contribution in [0.5, 0.6) is 0 Å². The van der Waals surface area contributed by atoms with Crippen LogP contribution in [0.25, 0.3) is 0 Å². The van der Waals surface area contributed by atoms with Crippen molar-refractivity contribution in [3.8, 4) is 0 Å². The Morgan fingerprint density at radius 1 is 0.947 bits per heavy atom. The van der Waals surface area contributed by atoms with E-state index in [1.807, 2.05) is 12.1 Å². The number of halogens is 3. The van der Waals surface area contributed by atoms with Gasteiger partial charge in [0.1, 0.15) is 0 Å². The molecule has 1 unspecified atom stereocenters. The molecule has 0 aliphatic carbocycles. The molecule has 3 heteroatoms. The molecule has 2 aromatic carbocycles. The number of alkyl halides is 1. The van der Waals surface area contributed by atoms with Crippen LogP contribution in [-0.4, -0.2) is 0 Å². The van der Waals surface area contributed by atoms with E-state index in [2.05, 4.69) is 76.0 Å². The second kappa shape index (κ2) is 6.43. The molecular formula is C16H15Br2Cl. The second-order valence-electron chi connectivity index (χ2n) is 4.85. The topological polar surface area (TPSA) is 0 Å². The molecule has 1 atom stereocenters. The van der Waals surface area contributed by atoms with Crippen LogP contribution in [0.2, 0.25) is 5.02 Å². The summed E-state index contributed by atoms with van der Waals surface area (Å²) in [6.07, 6.45) is 0. The van der Waals surface area contributed by atoms with Crippen LogP contribution in [0.1, 0.15) is 41.3 Å². The normalized spacial score (nSPS) is 12.7. The molecule has 0 heterocycles. The Kier molecular flexibility index (Phi) is 5.10. The maximum Gasteiger partial charge on any atom is 0.0659 e. The lowest BCUT2D eigenvalue weighted by Gasteiger charge is -2.14. The summed E-state index contributed by atoms with van der Waals surface area (Å²) in [5.41, 5.74) is 3.64. The Morgan fingerprint density at radius 3 is 2.11 bits per heavy atom. The van der Waals surface area contributed by atoms with Gasteiger partial charge in [-0.15, -0.1) is 0 Å². The SMILES string of the molecule is CC(C)c1ccc(C(Br)c2cc(Br)ccc2Cl)cc1. The zero-order valence-corrected chi connectivity index (χ0v) is 14.8. The van der Waals surface area contributed by atoms with Gasteiger partial charge in [-0.1, -0.05) is 81.6 Å². The molecule has 0 aliphatic rings. The quantitative estimate of drug-likeness (QED) is 0.501. The zero-order chi connectivity index (χ0) is 14.0. The Labute approximate surface area is 136 Å². The van der Waals surface area contributed by atoms with Crippen LogP contribution >= 0.6 is 43.5 Å². The van der Waals surface area contributed by atoms with Gasteiger partial charge >= 0.3 is 0 Å². The molecule has 0 fully saturated rings. The summed E-state index contributed by atoms with van der Waals surface area (Å²) < 4.78 is 1.04. The van der Waals surface area contributed by atoms with Crippen molar-refractivity contribution in [1.82, 2.24) is 0 Å². The van der Waals surface area contributed by atoms with Gasteiger partial charge < -0.3 is 0 Å². The van der Waals surface area contributed by atoms with Crippen LogP contribution in [0.15, 0.2) is 46.9 Å². The van der Waals surface area contributed by atoms with Crippen LogP contribution in [0.3, 0.4) is 0 Å². The van der Waals surface area contributed by atoms with Crippen molar-refractivity contribution in [3.63, 3.8) is 0 Å². The molecule has 2 aromatic rings. The van der Waals surface area contributed by atoms with Crippen LogP contribution in [0.4, 0.5) is 0 Å². The summed E-state index contributed by atoms with van der Waals surface area (Å²) in [6, 6.07) is 14.6. The third-order valence-electron chi connectivity index (χ3n) is 3.13. The van der Waals surface area contributed by atoms with E-state index in [9.17, 15) is 0 Å². The van der Waals surface area contributed by atoms with Crippen molar-refractivity contribution >= 4 is 43.5 Å². The highest BCUT2D eigenvalue weighted by molar-refractivity contribution is 9.10. The molecule has 0 bridgehead atoms. The fourth-order valence-electron chi connectivity index (χ4n) is 1.94. The minimum atomic E-state index is 0.110. The summed E-state index contributed by atoms with van der Waals surface area (Å²) in [6.45, 7) is 4.40. The molecule has 0 N–H and O–H groups in total. The largest absolute Gasteiger partial charge is 0.0840 e. The Hall–Kier alpha value is -0.310. The molecule has 0 amide bonds. The van der Waals surface area contributed by atoms with Crippen LogP contribution in [0, 0.1) is 0 Å². The number of rotatable bonds is 3. The van der Waals surface area contributed by atoms with Crippen molar-refractivity contribution in [1.29, 1.82) is 0 Å². The van der Waals surface area contributed by atoms with E-state index in [-0.39, 0.29) is 4.83 Å². The van der Waals surface area contributed by atoms with Gasteiger partial charge in [0.2, 0.25) is 0 Å². The highest BCUT2D eigenvalue weighted by Gasteiger charge is 2.14. The first kappa shape index (κ1) is 15.1. The molecule has 0 saturated carbocycles. The van der Waals surface area contributed by atoms with Gasteiger partial charge in [0.15, 0.2) is 0 Å². The highest BCUT2D eigenvalue weighted by Crippen LogP contribution is 2.37. The summed E-state index contributed by atoms with van der Waals surface area (Å²) in [5, 5.41) is 0.776. The predicted molar refractivity (Wildman–Crippen MR) is 90.5 cm³/mol. The van der Waals surface area contributed by atoms with E-state index in [0.29, 0.717) is 5.92 Å². The Balaban J connectivity index is 2.33. The molecule has 0 saturated heterocycles. The minimum Gasteiger partial charge on any atom is -0.0840 e. The summed E-state index contributed by atoms with van der Waals surface area (Å²) in [7, 11) is 0. The molecule has 0 nitrogen and oxygen atoms in total. The summed E-state index contributed by atoms with van der Waals surface area (Å²) in [5.74, 6) is 0.553. The standard InChI is InChI=1S/C16H15Br2Cl/c1-10(2)11-3-5-12(6-4-11)16(18)14-9-13(17)7-8-15(14)19/h3-10,16H,1-2H3. The Bertz CT molecular complexity index is 561. The molecule has 0 radical (unpaired) electrons. The average Bonchev–Trinajstić information content (AvgIpc) is 2.41. The lowest BCUT2D eigenvalue weighted by Crippen LogP contribution is -1.95. The smallest absolute Gasteiger partial charge is 0.0659 e. The summed E-state index contributed by atoms with van der Waals surface area (Å²) in [4.78, 5) is 0.110. The monoisotopic (exact) mass is 400 g/mol. The van der Waals surface area contributed by atoms with Gasteiger partial charge in [0.25, 0.3) is 0 Å². The van der Waals surface area contributed by atoms with E-state index < -0.39 is 0 Å². The van der Waals surface area contributed by atoms with Crippen LogP contribution < -0.4 is 0 Å². The molecular weight excluding hydrogens is 387 g/mol. The molecule has 0 spiro atoms. The Morgan fingerprint density at radius 2 is 1.53 bits per heavy atom. The van der Waals surface area contributed by atoms with Crippen molar-refractivity contribution in [3.05, 3.63) is 68.7 Å². The van der Waals surface area contributed by atoms with Gasteiger partial charge in [-0.3, -0.25) is 0 Å². The lowest BCUT2D eigenvalue weighted by molar-refractivity contribution is 0.865. The number of benzene rings is 2. The zero-order valence-electron chi connectivity index (χ0n) is 10.8. The molecule has 2 rings (SSSR count). The second-order valence-corrected chi connectivity index (χ2v) is 7.09. The first-order chi connectivity index (χ1) is 8.99. The molecule has 0 aromatic heterocycles. The van der Waals surface area contributed by atoms with Gasteiger partial charge in [0, 0.05) is 9.50 Å². The fraction of sp³-hybridized carbons (Fsp3) is 0.250. The number of hydrogen-bond donors (Lipinski definition) is 0. The highest BCUT2D eigenvalue weighted by atomic mass is 79.9. The van der Waals surface area contributed by atoms with Gasteiger partial charge in [-0.2, -0.15) is 0 Å². The van der Waals surface area contributed by atoms with Crippen molar-refractivity contribution < 1.29 is 0 Å². The first-order valence-electron chi connectivity index (χ1n) is 6.18. The van der Waals surface area contributed by atoms with Gasteiger partial charge in [0.05, 0.1) is 4.83 Å². The van der Waals surface area contributed by atoms with Crippen molar-refractivity contribution in [2.75, 3.05) is 0 Å². The van der Waals surface area contributed by atoms with Crippen molar-refractivity contribution in [2.24, 2.45) is 0 Å². The van der Waals surface area contributed by atoms with Crippen molar-refractivity contribution in [2.45, 2.75) is 24.6 Å². The molecule has 0 aliphatic heterocycles. The predicted octanol–water partition coefficient (Wildman–Crippen LogP) is 6.71. The molecule has 100 valence electrons. The lowest BCUT2D eigenvalue weighted by atomic mass is 9.99.